The Bertz CT molecular complexity index is 510. The van der Waals surface area contributed by atoms with Crippen LogP contribution in [0, 0.1) is 0 Å². The van der Waals surface area contributed by atoms with Gasteiger partial charge in [-0.2, -0.15) is 0 Å². The number of likely N-dealkylation sites (N-methyl/N-ethyl adjacent to an activating group) is 1. The van der Waals surface area contributed by atoms with Crippen molar-refractivity contribution in [2.75, 3.05) is 13.7 Å². The third kappa shape index (κ3) is 4.09. The number of rotatable bonds is 8. The zero-order valence-electron chi connectivity index (χ0n) is 13.5. The van der Waals surface area contributed by atoms with Gasteiger partial charge in [-0.3, -0.25) is 14.5 Å². The first-order valence-corrected chi connectivity index (χ1v) is 8.16. The second-order valence-electron chi connectivity index (χ2n) is 5.88. The highest BCUT2D eigenvalue weighted by Gasteiger charge is 2.36. The predicted octanol–water partition coefficient (Wildman–Crippen LogP) is 3.51. The highest BCUT2D eigenvalue weighted by Crippen LogP contribution is 2.29. The lowest BCUT2D eigenvalue weighted by molar-refractivity contribution is -0.137. The first-order chi connectivity index (χ1) is 10.6. The lowest BCUT2D eigenvalue weighted by Gasteiger charge is -2.10. The molecule has 4 heteroatoms. The van der Waals surface area contributed by atoms with Crippen LogP contribution in [0.3, 0.4) is 0 Å². The van der Waals surface area contributed by atoms with Crippen molar-refractivity contribution < 1.29 is 14.3 Å². The Kier molecular flexibility index (Phi) is 5.99. The molecule has 0 radical (unpaired) electrons. The molecule has 0 unspecified atom stereocenters. The van der Waals surface area contributed by atoms with Crippen molar-refractivity contribution >= 4 is 11.8 Å². The van der Waals surface area contributed by atoms with Crippen LogP contribution in [0.5, 0.6) is 5.75 Å². The Balaban J connectivity index is 1.81. The second-order valence-corrected chi connectivity index (χ2v) is 5.88. The minimum absolute atomic E-state index is 0.109. The quantitative estimate of drug-likeness (QED) is 0.545. The number of carbonyl (C=O) groups is 2. The summed E-state index contributed by atoms with van der Waals surface area (Å²) in [5.41, 5.74) is 0.887. The van der Waals surface area contributed by atoms with Gasteiger partial charge in [0.05, 0.1) is 12.5 Å². The van der Waals surface area contributed by atoms with E-state index in [4.69, 9.17) is 4.74 Å². The van der Waals surface area contributed by atoms with Crippen molar-refractivity contribution in [3.8, 4) is 5.75 Å². The molecule has 0 N–H and O–H groups in total. The van der Waals surface area contributed by atoms with E-state index in [-0.39, 0.29) is 24.2 Å². The van der Waals surface area contributed by atoms with Crippen LogP contribution in [0.1, 0.15) is 56.9 Å². The number of carbonyl (C=O) groups excluding carboxylic acids is 2. The van der Waals surface area contributed by atoms with E-state index >= 15 is 0 Å². The highest BCUT2D eigenvalue weighted by molar-refractivity contribution is 6.05. The van der Waals surface area contributed by atoms with Crippen molar-refractivity contribution in [2.45, 2.75) is 51.4 Å². The Morgan fingerprint density at radius 2 is 1.77 bits per heavy atom. The molecular formula is C18H25NO3. The van der Waals surface area contributed by atoms with Crippen molar-refractivity contribution in [2.24, 2.45) is 0 Å². The molecule has 120 valence electrons. The van der Waals surface area contributed by atoms with E-state index in [1.165, 1.54) is 30.6 Å². The minimum Gasteiger partial charge on any atom is -0.494 e. The summed E-state index contributed by atoms with van der Waals surface area (Å²) in [6.07, 6.45) is 6.35. The fourth-order valence-electron chi connectivity index (χ4n) is 2.71. The van der Waals surface area contributed by atoms with Crippen molar-refractivity contribution in [3.05, 3.63) is 29.8 Å². The molecule has 1 fully saturated rings. The van der Waals surface area contributed by atoms with Gasteiger partial charge < -0.3 is 4.74 Å². The average molecular weight is 303 g/mol. The lowest BCUT2D eigenvalue weighted by atomic mass is 9.97. The topological polar surface area (TPSA) is 46.6 Å². The van der Waals surface area contributed by atoms with Crippen molar-refractivity contribution in [3.63, 3.8) is 0 Å². The number of unbranched alkanes of at least 4 members (excludes halogenated alkanes) is 4. The average Bonchev–Trinajstić information content (AvgIpc) is 2.79. The number of nitrogens with zero attached hydrogens (tertiary/aromatic N) is 1. The van der Waals surface area contributed by atoms with E-state index < -0.39 is 0 Å². The number of imide groups is 1. The van der Waals surface area contributed by atoms with Gasteiger partial charge in [-0.1, -0.05) is 44.7 Å². The lowest BCUT2D eigenvalue weighted by Crippen LogP contribution is -2.25. The molecule has 1 aliphatic rings. The smallest absolute Gasteiger partial charge is 0.236 e. The maximum Gasteiger partial charge on any atom is 0.236 e. The summed E-state index contributed by atoms with van der Waals surface area (Å²) >= 11 is 0. The van der Waals surface area contributed by atoms with Crippen molar-refractivity contribution in [1.82, 2.24) is 4.90 Å². The molecule has 1 aromatic rings. The van der Waals surface area contributed by atoms with Crippen LogP contribution in [-0.4, -0.2) is 30.4 Å². The molecule has 0 bridgehead atoms. The van der Waals surface area contributed by atoms with E-state index in [9.17, 15) is 9.59 Å². The first-order valence-electron chi connectivity index (χ1n) is 8.16. The summed E-state index contributed by atoms with van der Waals surface area (Å²) in [5.74, 6) is 0.266. The van der Waals surface area contributed by atoms with Crippen LogP contribution >= 0.6 is 0 Å². The highest BCUT2D eigenvalue weighted by atomic mass is 16.5. The summed E-state index contributed by atoms with van der Waals surface area (Å²) in [6.45, 7) is 2.94. The number of hydrogen-bond donors (Lipinski definition) is 0. The van der Waals surface area contributed by atoms with Gasteiger partial charge in [0.2, 0.25) is 11.8 Å². The number of ether oxygens (including phenoxy) is 1. The Morgan fingerprint density at radius 3 is 2.36 bits per heavy atom. The standard InChI is InChI=1S/C18H25NO3/c1-3-4-5-6-7-12-22-15-10-8-14(9-11-15)16-13-17(20)19(2)18(16)21/h8-11,16H,3-7,12-13H2,1-2H3/t16-/m1/s1. The summed E-state index contributed by atoms with van der Waals surface area (Å²) in [5, 5.41) is 0. The molecule has 1 heterocycles. The van der Waals surface area contributed by atoms with Crippen LogP contribution in [0.2, 0.25) is 0 Å². The van der Waals surface area contributed by atoms with Gasteiger partial charge in [-0.25, -0.2) is 0 Å². The third-order valence-corrected chi connectivity index (χ3v) is 4.18. The zero-order valence-corrected chi connectivity index (χ0v) is 13.5. The molecular weight excluding hydrogens is 278 g/mol. The van der Waals surface area contributed by atoms with Gasteiger partial charge in [-0.15, -0.1) is 0 Å². The summed E-state index contributed by atoms with van der Waals surface area (Å²) < 4.78 is 5.71. The van der Waals surface area contributed by atoms with E-state index in [2.05, 4.69) is 6.92 Å². The number of likely N-dealkylation sites (tertiary alicyclic amines) is 1. The normalized spacial score (nSPS) is 18.1. The SMILES string of the molecule is CCCCCCCOc1ccc([C@H]2CC(=O)N(C)C2=O)cc1. The van der Waals surface area contributed by atoms with Crippen LogP contribution in [-0.2, 0) is 9.59 Å². The van der Waals surface area contributed by atoms with Crippen molar-refractivity contribution in [1.29, 1.82) is 0 Å². The molecule has 0 aromatic heterocycles. The molecule has 1 aliphatic heterocycles. The van der Waals surface area contributed by atoms with Gasteiger partial charge in [0.25, 0.3) is 0 Å². The monoisotopic (exact) mass is 303 g/mol. The number of hydrogen-bond acceptors (Lipinski definition) is 3. The third-order valence-electron chi connectivity index (χ3n) is 4.18. The summed E-state index contributed by atoms with van der Waals surface area (Å²) in [4.78, 5) is 24.8. The van der Waals surface area contributed by atoms with Gasteiger partial charge in [0.1, 0.15) is 5.75 Å². The summed E-state index contributed by atoms with van der Waals surface area (Å²) in [7, 11) is 1.54. The maximum atomic E-state index is 12.0. The number of amides is 2. The molecule has 22 heavy (non-hydrogen) atoms. The molecule has 2 rings (SSSR count). The van der Waals surface area contributed by atoms with E-state index in [0.29, 0.717) is 0 Å². The fourth-order valence-corrected chi connectivity index (χ4v) is 2.71. The van der Waals surface area contributed by atoms with Crippen LogP contribution in [0.15, 0.2) is 24.3 Å². The first kappa shape index (κ1) is 16.5. The molecule has 0 spiro atoms. The van der Waals surface area contributed by atoms with E-state index in [0.717, 1.165) is 24.3 Å². The molecule has 0 aliphatic carbocycles. The van der Waals surface area contributed by atoms with Gasteiger partial charge >= 0.3 is 0 Å². The largest absolute Gasteiger partial charge is 0.494 e. The second kappa shape index (κ2) is 7.97. The van der Waals surface area contributed by atoms with Crippen LogP contribution < -0.4 is 4.74 Å². The predicted molar refractivity (Wildman–Crippen MR) is 85.8 cm³/mol. The summed E-state index contributed by atoms with van der Waals surface area (Å²) in [6, 6.07) is 7.55. The van der Waals surface area contributed by atoms with Gasteiger partial charge in [-0.05, 0) is 24.1 Å². The maximum absolute atomic E-state index is 12.0. The van der Waals surface area contributed by atoms with E-state index in [1.54, 1.807) is 7.05 Å². The zero-order chi connectivity index (χ0) is 15.9. The van der Waals surface area contributed by atoms with Crippen LogP contribution in [0.4, 0.5) is 0 Å². The van der Waals surface area contributed by atoms with Gasteiger partial charge in [0.15, 0.2) is 0 Å². The Hall–Kier alpha value is -1.84. The Morgan fingerprint density at radius 1 is 1.09 bits per heavy atom. The minimum atomic E-state index is -0.333. The fraction of sp³-hybridized carbons (Fsp3) is 0.556. The molecule has 1 aromatic carbocycles. The van der Waals surface area contributed by atoms with Gasteiger partial charge in [0, 0.05) is 13.5 Å². The Labute approximate surface area is 132 Å². The molecule has 4 nitrogen and oxygen atoms in total. The molecule has 1 atom stereocenters. The molecule has 0 saturated carbocycles. The number of benzene rings is 1. The van der Waals surface area contributed by atoms with Crippen LogP contribution in [0.25, 0.3) is 0 Å². The molecule has 2 amide bonds. The molecule has 1 saturated heterocycles. The van der Waals surface area contributed by atoms with E-state index in [1.807, 2.05) is 24.3 Å².